The summed E-state index contributed by atoms with van der Waals surface area (Å²) in [4.78, 5) is 12.8. The smallest absolute Gasteiger partial charge is 0.214 e. The van der Waals surface area contributed by atoms with E-state index >= 15 is 0 Å². The predicted octanol–water partition coefficient (Wildman–Crippen LogP) is 3.31. The summed E-state index contributed by atoms with van der Waals surface area (Å²) >= 11 is 3.46. The van der Waals surface area contributed by atoms with Crippen LogP contribution in [-0.4, -0.2) is 30.3 Å². The second kappa shape index (κ2) is 6.35. The van der Waals surface area contributed by atoms with Crippen LogP contribution in [0.3, 0.4) is 0 Å². The highest BCUT2D eigenvalue weighted by Crippen LogP contribution is 2.27. The van der Waals surface area contributed by atoms with Gasteiger partial charge in [-0.05, 0) is 48.3 Å². The average Bonchev–Trinajstić information content (AvgIpc) is 2.79. The molecule has 0 aliphatic rings. The Morgan fingerprint density at radius 3 is 2.79 bits per heavy atom. The van der Waals surface area contributed by atoms with Crippen LogP contribution >= 0.6 is 15.9 Å². The Morgan fingerprint density at radius 1 is 1.25 bits per heavy atom. The van der Waals surface area contributed by atoms with E-state index in [9.17, 15) is 0 Å². The van der Waals surface area contributed by atoms with Crippen molar-refractivity contribution in [1.82, 2.24) is 24.7 Å². The first-order chi connectivity index (χ1) is 11.3. The minimum atomic E-state index is -0.279. The van der Waals surface area contributed by atoms with Crippen LogP contribution in [-0.2, 0) is 13.6 Å². The van der Waals surface area contributed by atoms with E-state index in [1.807, 2.05) is 40.0 Å². The number of halogens is 1. The zero-order valence-corrected chi connectivity index (χ0v) is 15.6. The third-order valence-electron chi connectivity index (χ3n) is 3.25. The Labute approximate surface area is 148 Å². The summed E-state index contributed by atoms with van der Waals surface area (Å²) in [7, 11) is 1.85. The van der Waals surface area contributed by atoms with E-state index in [0.717, 1.165) is 27.0 Å². The molecule has 0 fully saturated rings. The van der Waals surface area contributed by atoms with Crippen molar-refractivity contribution >= 4 is 32.8 Å². The lowest BCUT2D eigenvalue weighted by Crippen LogP contribution is -2.23. The highest BCUT2D eigenvalue weighted by atomic mass is 79.9. The molecule has 0 saturated heterocycles. The lowest BCUT2D eigenvalue weighted by molar-refractivity contribution is 0.124. The quantitative estimate of drug-likeness (QED) is 0.735. The van der Waals surface area contributed by atoms with Crippen molar-refractivity contribution in [2.75, 3.05) is 5.32 Å². The van der Waals surface area contributed by atoms with Gasteiger partial charge in [0.15, 0.2) is 5.65 Å². The zero-order chi connectivity index (χ0) is 17.3. The van der Waals surface area contributed by atoms with E-state index in [2.05, 4.69) is 41.3 Å². The minimum absolute atomic E-state index is 0.279. The Bertz CT molecular complexity index is 871. The van der Waals surface area contributed by atoms with Crippen molar-refractivity contribution in [3.63, 3.8) is 0 Å². The number of anilines is 1. The molecule has 0 aromatic carbocycles. The lowest BCUT2D eigenvalue weighted by atomic mass is 10.2. The molecule has 0 amide bonds. The average molecular weight is 391 g/mol. The summed E-state index contributed by atoms with van der Waals surface area (Å²) in [5, 5.41) is 8.51. The van der Waals surface area contributed by atoms with Crippen LogP contribution in [0.15, 0.2) is 29.3 Å². The fraction of sp³-hybridized carbons (Fsp3) is 0.375. The molecule has 0 radical (unpaired) electrons. The number of aryl methyl sites for hydroxylation is 1. The van der Waals surface area contributed by atoms with Crippen molar-refractivity contribution in [1.29, 1.82) is 0 Å². The van der Waals surface area contributed by atoms with Gasteiger partial charge in [0, 0.05) is 25.9 Å². The topological polar surface area (TPSA) is 77.8 Å². The third kappa shape index (κ3) is 3.64. The number of ether oxygens (including phenoxy) is 1. The summed E-state index contributed by atoms with van der Waals surface area (Å²) in [6.07, 6.45) is 3.27. The molecule has 0 aliphatic heterocycles. The number of nitrogens with one attached hydrogen (secondary N) is 1. The molecule has 0 atom stereocenters. The zero-order valence-electron chi connectivity index (χ0n) is 14.0. The van der Waals surface area contributed by atoms with Crippen LogP contribution in [0.5, 0.6) is 5.88 Å². The highest BCUT2D eigenvalue weighted by Gasteiger charge is 2.14. The van der Waals surface area contributed by atoms with Gasteiger partial charge in [0.25, 0.3) is 0 Å². The monoisotopic (exact) mass is 390 g/mol. The van der Waals surface area contributed by atoms with E-state index in [-0.39, 0.29) is 5.60 Å². The molecule has 0 bridgehead atoms. The minimum Gasteiger partial charge on any atom is -0.472 e. The van der Waals surface area contributed by atoms with Gasteiger partial charge in [0.2, 0.25) is 5.88 Å². The molecule has 8 heteroatoms. The maximum absolute atomic E-state index is 5.80. The largest absolute Gasteiger partial charge is 0.472 e. The summed E-state index contributed by atoms with van der Waals surface area (Å²) in [5.74, 6) is 1.34. The number of aromatic nitrogens is 5. The summed E-state index contributed by atoms with van der Waals surface area (Å²) in [6, 6.07) is 3.87. The van der Waals surface area contributed by atoms with Crippen molar-refractivity contribution in [3.8, 4) is 5.88 Å². The molecule has 3 aromatic heterocycles. The van der Waals surface area contributed by atoms with E-state index in [4.69, 9.17) is 4.74 Å². The molecule has 3 rings (SSSR count). The van der Waals surface area contributed by atoms with Crippen LogP contribution in [0.1, 0.15) is 26.3 Å². The van der Waals surface area contributed by atoms with Crippen LogP contribution in [0.25, 0.3) is 11.0 Å². The number of hydrogen-bond donors (Lipinski definition) is 1. The fourth-order valence-corrected chi connectivity index (χ4v) is 2.89. The molecule has 0 aliphatic carbocycles. The molecular formula is C16H19BrN6O. The van der Waals surface area contributed by atoms with Gasteiger partial charge in [0.1, 0.15) is 22.3 Å². The molecule has 0 saturated carbocycles. The second-order valence-electron chi connectivity index (χ2n) is 6.41. The van der Waals surface area contributed by atoms with E-state index < -0.39 is 0 Å². The Hall–Kier alpha value is -2.22. The lowest BCUT2D eigenvalue weighted by Gasteiger charge is -2.20. The van der Waals surface area contributed by atoms with Crippen molar-refractivity contribution < 1.29 is 4.74 Å². The molecule has 126 valence electrons. The van der Waals surface area contributed by atoms with Crippen LogP contribution in [0, 0.1) is 0 Å². The Morgan fingerprint density at radius 2 is 2.04 bits per heavy atom. The molecular weight excluding hydrogens is 372 g/mol. The van der Waals surface area contributed by atoms with Crippen molar-refractivity contribution in [2.24, 2.45) is 7.05 Å². The first-order valence-electron chi connectivity index (χ1n) is 7.54. The van der Waals surface area contributed by atoms with Crippen LogP contribution in [0.4, 0.5) is 5.82 Å². The molecule has 3 aromatic rings. The van der Waals surface area contributed by atoms with Gasteiger partial charge in [-0.15, -0.1) is 0 Å². The fourth-order valence-electron chi connectivity index (χ4n) is 2.29. The Balaban J connectivity index is 1.81. The molecule has 0 spiro atoms. The number of hydrogen-bond acceptors (Lipinski definition) is 6. The molecule has 1 N–H and O–H groups in total. The maximum Gasteiger partial charge on any atom is 0.214 e. The first-order valence-corrected chi connectivity index (χ1v) is 8.34. The van der Waals surface area contributed by atoms with Crippen molar-refractivity contribution in [2.45, 2.75) is 32.9 Å². The van der Waals surface area contributed by atoms with Gasteiger partial charge in [-0.3, -0.25) is 0 Å². The van der Waals surface area contributed by atoms with Crippen LogP contribution in [0.2, 0.25) is 0 Å². The van der Waals surface area contributed by atoms with Gasteiger partial charge < -0.3 is 10.1 Å². The Kier molecular flexibility index (Phi) is 4.40. The second-order valence-corrected chi connectivity index (χ2v) is 7.16. The first kappa shape index (κ1) is 16.6. The molecule has 24 heavy (non-hydrogen) atoms. The van der Waals surface area contributed by atoms with E-state index in [0.29, 0.717) is 12.4 Å². The van der Waals surface area contributed by atoms with Crippen molar-refractivity contribution in [3.05, 3.63) is 34.8 Å². The number of rotatable bonds is 4. The van der Waals surface area contributed by atoms with E-state index in [1.165, 1.54) is 6.33 Å². The number of nitrogens with zero attached hydrogens (tertiary/aromatic N) is 5. The standard InChI is InChI=1S/C16H19BrN6O/c1-16(2,3)24-11-7-10(5-6-18-11)8-19-14-12-13(17)22-23(4)15(12)21-9-20-14/h5-7,9H,8H2,1-4H3,(H,19,20,21). The third-order valence-corrected chi connectivity index (χ3v) is 3.80. The van der Waals surface area contributed by atoms with E-state index in [1.54, 1.807) is 10.9 Å². The van der Waals surface area contributed by atoms with Gasteiger partial charge in [0.05, 0.1) is 5.39 Å². The van der Waals surface area contributed by atoms with Gasteiger partial charge in [-0.25, -0.2) is 19.6 Å². The predicted molar refractivity (Wildman–Crippen MR) is 95.9 cm³/mol. The molecule has 0 unspecified atom stereocenters. The number of fused-ring (bicyclic) bond motifs is 1. The normalized spacial score (nSPS) is 11.7. The number of pyridine rings is 1. The van der Waals surface area contributed by atoms with Crippen LogP contribution < -0.4 is 10.1 Å². The summed E-state index contributed by atoms with van der Waals surface area (Å²) in [6.45, 7) is 6.59. The molecule has 7 nitrogen and oxygen atoms in total. The highest BCUT2D eigenvalue weighted by molar-refractivity contribution is 9.10. The van der Waals surface area contributed by atoms with Gasteiger partial charge >= 0.3 is 0 Å². The summed E-state index contributed by atoms with van der Waals surface area (Å²) in [5.41, 5.74) is 1.54. The SMILES string of the molecule is Cn1nc(Br)c2c(NCc3ccnc(OC(C)(C)C)c3)ncnc21. The molecule has 3 heterocycles. The summed E-state index contributed by atoms with van der Waals surface area (Å²) < 4.78 is 8.24. The van der Waals surface area contributed by atoms with Gasteiger partial charge in [-0.1, -0.05) is 0 Å². The maximum atomic E-state index is 5.80. The van der Waals surface area contributed by atoms with Gasteiger partial charge in [-0.2, -0.15) is 5.10 Å².